The number of carbonyl (C=O) groups is 2. The van der Waals surface area contributed by atoms with Crippen molar-refractivity contribution >= 4 is 46.6 Å². The molecule has 0 unspecified atom stereocenters. The van der Waals surface area contributed by atoms with Crippen molar-refractivity contribution < 1.29 is 23.8 Å². The molecule has 0 fully saturated rings. The number of fused-ring (bicyclic) bond motifs is 1. The van der Waals surface area contributed by atoms with E-state index in [2.05, 4.69) is 0 Å². The second-order valence-electron chi connectivity index (χ2n) is 10.7. The number of thiazole rings is 1. The minimum absolute atomic E-state index is 0.170. The van der Waals surface area contributed by atoms with Gasteiger partial charge in [0.1, 0.15) is 12.4 Å². The highest BCUT2D eigenvalue weighted by Crippen LogP contribution is 2.35. The molecule has 0 N–H and O–H groups in total. The van der Waals surface area contributed by atoms with Crippen LogP contribution in [0.15, 0.2) is 118 Å². The van der Waals surface area contributed by atoms with Gasteiger partial charge < -0.3 is 14.2 Å². The molecule has 242 valence electrons. The first-order chi connectivity index (χ1) is 23.4. The number of hydrogen-bond acceptors (Lipinski definition) is 8. The smallest absolute Gasteiger partial charge is 0.338 e. The standard InChI is InChI=1S/C38H31ClN2O6S/c1-3-45-36(43)27-17-15-24(16-18-27)23-47-30-20-19-29(39)21-28(30)22-31-35(42)41-34(26-13-9-6-10-14-26)32(37(44)46-4-2)33(40-38(41)48-31)25-11-7-5-8-12-25/h5-22,34H,3-4,23H2,1-2H3/b31-22-/t34-/m0/s1. The number of benzene rings is 4. The Balaban J connectivity index is 1.44. The molecule has 2 heterocycles. The van der Waals surface area contributed by atoms with Crippen LogP contribution in [-0.4, -0.2) is 29.7 Å². The van der Waals surface area contributed by atoms with Gasteiger partial charge in [0.15, 0.2) is 4.80 Å². The minimum Gasteiger partial charge on any atom is -0.488 e. The third-order valence-corrected chi connectivity index (χ3v) is 8.82. The first-order valence-electron chi connectivity index (χ1n) is 15.4. The van der Waals surface area contributed by atoms with Gasteiger partial charge in [-0.25, -0.2) is 14.6 Å². The van der Waals surface area contributed by atoms with Crippen molar-refractivity contribution in [2.24, 2.45) is 4.99 Å². The summed E-state index contributed by atoms with van der Waals surface area (Å²) in [6, 6.07) is 30.2. The molecule has 0 spiro atoms. The van der Waals surface area contributed by atoms with Gasteiger partial charge in [-0.3, -0.25) is 9.36 Å². The molecule has 0 saturated carbocycles. The Morgan fingerprint density at radius 3 is 2.23 bits per heavy atom. The van der Waals surface area contributed by atoms with Crippen LogP contribution in [0.3, 0.4) is 0 Å². The van der Waals surface area contributed by atoms with Crippen LogP contribution in [0.4, 0.5) is 0 Å². The molecule has 0 bridgehead atoms. The van der Waals surface area contributed by atoms with Crippen LogP contribution >= 0.6 is 22.9 Å². The first-order valence-corrected chi connectivity index (χ1v) is 16.6. The number of rotatable bonds is 10. The Labute approximate surface area is 285 Å². The largest absolute Gasteiger partial charge is 0.488 e. The molecule has 1 aliphatic heterocycles. The Morgan fingerprint density at radius 1 is 0.875 bits per heavy atom. The number of carbonyl (C=O) groups excluding carboxylic acids is 2. The van der Waals surface area contributed by atoms with E-state index in [1.54, 1.807) is 67.0 Å². The minimum atomic E-state index is -0.772. The summed E-state index contributed by atoms with van der Waals surface area (Å²) in [5.74, 6) is -0.410. The summed E-state index contributed by atoms with van der Waals surface area (Å²) in [5.41, 5.74) is 3.80. The van der Waals surface area contributed by atoms with Gasteiger partial charge in [-0.1, -0.05) is 95.7 Å². The van der Waals surface area contributed by atoms with E-state index < -0.39 is 12.0 Å². The summed E-state index contributed by atoms with van der Waals surface area (Å²) in [7, 11) is 0. The van der Waals surface area contributed by atoms with Gasteiger partial charge in [-0.2, -0.15) is 0 Å². The SMILES string of the molecule is CCOC(=O)C1=C(c2ccccc2)N=c2s/c(=C\c3cc(Cl)ccc3OCc3ccc(C(=O)OCC)cc3)c(=O)n2[C@H]1c1ccccc1. The molecular formula is C38H31ClN2O6S. The van der Waals surface area contributed by atoms with Crippen molar-refractivity contribution in [3.05, 3.63) is 161 Å². The van der Waals surface area contributed by atoms with Gasteiger partial charge in [0.05, 0.1) is 40.6 Å². The number of halogens is 1. The topological polar surface area (TPSA) is 96.2 Å². The van der Waals surface area contributed by atoms with Gasteiger partial charge in [-0.05, 0) is 61.4 Å². The van der Waals surface area contributed by atoms with E-state index in [4.69, 9.17) is 30.8 Å². The summed E-state index contributed by atoms with van der Waals surface area (Å²) < 4.78 is 18.7. The number of aromatic nitrogens is 1. The summed E-state index contributed by atoms with van der Waals surface area (Å²) in [6.45, 7) is 4.19. The summed E-state index contributed by atoms with van der Waals surface area (Å²) in [6.07, 6.45) is 1.73. The number of ether oxygens (including phenoxy) is 3. The lowest BCUT2D eigenvalue weighted by molar-refractivity contribution is -0.138. The second-order valence-corrected chi connectivity index (χ2v) is 12.2. The van der Waals surface area contributed by atoms with Gasteiger partial charge in [0.25, 0.3) is 5.56 Å². The highest BCUT2D eigenvalue weighted by atomic mass is 35.5. The molecule has 0 saturated heterocycles. The molecule has 0 amide bonds. The van der Waals surface area contributed by atoms with Crippen molar-refractivity contribution in [3.63, 3.8) is 0 Å². The van der Waals surface area contributed by atoms with Gasteiger partial charge >= 0.3 is 11.9 Å². The second kappa shape index (κ2) is 14.7. The van der Waals surface area contributed by atoms with Gasteiger partial charge in [-0.15, -0.1) is 0 Å². The predicted octanol–water partition coefficient (Wildman–Crippen LogP) is 6.34. The maximum Gasteiger partial charge on any atom is 0.338 e. The zero-order chi connectivity index (χ0) is 33.6. The molecule has 10 heteroatoms. The third kappa shape index (κ3) is 6.88. The fourth-order valence-electron chi connectivity index (χ4n) is 5.41. The van der Waals surface area contributed by atoms with Crippen molar-refractivity contribution in [2.75, 3.05) is 13.2 Å². The van der Waals surface area contributed by atoms with Gasteiger partial charge in [0.2, 0.25) is 0 Å². The van der Waals surface area contributed by atoms with Crippen LogP contribution < -0.4 is 19.6 Å². The molecule has 1 aliphatic rings. The lowest BCUT2D eigenvalue weighted by atomic mass is 9.93. The fourth-order valence-corrected chi connectivity index (χ4v) is 6.58. The molecule has 5 aromatic rings. The first kappa shape index (κ1) is 32.7. The monoisotopic (exact) mass is 678 g/mol. The third-order valence-electron chi connectivity index (χ3n) is 7.61. The molecular weight excluding hydrogens is 648 g/mol. The van der Waals surface area contributed by atoms with Crippen molar-refractivity contribution in [1.82, 2.24) is 4.57 Å². The Morgan fingerprint density at radius 2 is 1.54 bits per heavy atom. The molecule has 4 aromatic carbocycles. The van der Waals surface area contributed by atoms with E-state index in [1.165, 1.54) is 11.3 Å². The van der Waals surface area contributed by atoms with E-state index in [9.17, 15) is 14.4 Å². The highest BCUT2D eigenvalue weighted by molar-refractivity contribution is 7.07. The Hall–Kier alpha value is -5.25. The zero-order valence-corrected chi connectivity index (χ0v) is 27.8. The summed E-state index contributed by atoms with van der Waals surface area (Å²) in [5, 5.41) is 0.471. The van der Waals surface area contributed by atoms with Crippen LogP contribution in [0.25, 0.3) is 11.8 Å². The van der Waals surface area contributed by atoms with Crippen LogP contribution in [0.5, 0.6) is 5.75 Å². The summed E-state index contributed by atoms with van der Waals surface area (Å²) >= 11 is 7.63. The number of esters is 2. The molecule has 0 aliphatic carbocycles. The van der Waals surface area contributed by atoms with Gasteiger partial charge in [0, 0.05) is 16.1 Å². The van der Waals surface area contributed by atoms with E-state index in [0.29, 0.717) is 43.5 Å². The molecule has 1 aromatic heterocycles. The Bertz CT molecular complexity index is 2170. The van der Waals surface area contributed by atoms with Crippen molar-refractivity contribution in [3.8, 4) is 5.75 Å². The van der Waals surface area contributed by atoms with Crippen molar-refractivity contribution in [2.45, 2.75) is 26.5 Å². The van der Waals surface area contributed by atoms with E-state index in [-0.39, 0.29) is 30.3 Å². The average Bonchev–Trinajstić information content (AvgIpc) is 3.42. The van der Waals surface area contributed by atoms with E-state index in [1.807, 2.05) is 60.7 Å². The Kier molecular flexibility index (Phi) is 9.99. The summed E-state index contributed by atoms with van der Waals surface area (Å²) in [4.78, 5) is 45.3. The van der Waals surface area contributed by atoms with Crippen molar-refractivity contribution in [1.29, 1.82) is 0 Å². The van der Waals surface area contributed by atoms with E-state index >= 15 is 0 Å². The quantitative estimate of drug-likeness (QED) is 0.160. The fraction of sp³-hybridized carbons (Fsp3) is 0.158. The van der Waals surface area contributed by atoms with Crippen LogP contribution in [-0.2, 0) is 20.9 Å². The molecule has 6 rings (SSSR count). The zero-order valence-electron chi connectivity index (χ0n) is 26.2. The molecule has 0 radical (unpaired) electrons. The lowest BCUT2D eigenvalue weighted by Crippen LogP contribution is -2.40. The van der Waals surface area contributed by atoms with E-state index in [0.717, 1.165) is 16.7 Å². The molecule has 48 heavy (non-hydrogen) atoms. The average molecular weight is 679 g/mol. The highest BCUT2D eigenvalue weighted by Gasteiger charge is 2.35. The number of nitrogens with zero attached hydrogens (tertiary/aromatic N) is 2. The maximum absolute atomic E-state index is 14.3. The lowest BCUT2D eigenvalue weighted by Gasteiger charge is -2.25. The van der Waals surface area contributed by atoms with Crippen LogP contribution in [0.2, 0.25) is 5.02 Å². The maximum atomic E-state index is 14.3. The molecule has 1 atom stereocenters. The normalized spacial score (nSPS) is 14.2. The molecule has 8 nitrogen and oxygen atoms in total. The van der Waals surface area contributed by atoms with Crippen LogP contribution in [0.1, 0.15) is 52.5 Å². The predicted molar refractivity (Wildman–Crippen MR) is 186 cm³/mol. The van der Waals surface area contributed by atoms with Crippen LogP contribution in [0, 0.1) is 0 Å². The number of hydrogen-bond donors (Lipinski definition) is 0.